The molecule has 2 saturated carbocycles. The lowest BCUT2D eigenvalue weighted by Gasteiger charge is -2.64. The summed E-state index contributed by atoms with van der Waals surface area (Å²) in [5.74, 6) is 1.78. The molecule has 3 aliphatic rings. The first kappa shape index (κ1) is 25.6. The first-order valence-electron chi connectivity index (χ1n) is 13.0. The van der Waals surface area contributed by atoms with E-state index >= 15 is 0 Å². The number of fused-ring (bicyclic) bond motifs is 1. The van der Waals surface area contributed by atoms with E-state index in [2.05, 4.69) is 27.7 Å². The highest BCUT2D eigenvalue weighted by molar-refractivity contribution is 5.52. The Kier molecular flexibility index (Phi) is 7.16. The van der Waals surface area contributed by atoms with E-state index in [0.29, 0.717) is 35.3 Å². The van der Waals surface area contributed by atoms with Gasteiger partial charge in [-0.2, -0.15) is 0 Å². The summed E-state index contributed by atoms with van der Waals surface area (Å²) in [7, 11) is 3.17. The Hall–Kier alpha value is -1.50. The third kappa shape index (κ3) is 4.10. The highest BCUT2D eigenvalue weighted by Gasteiger charge is 2.64. The Morgan fingerprint density at radius 2 is 1.65 bits per heavy atom. The van der Waals surface area contributed by atoms with Crippen molar-refractivity contribution in [3.05, 3.63) is 17.7 Å². The lowest BCUT2D eigenvalue weighted by molar-refractivity contribution is -0.253. The zero-order valence-electron chi connectivity index (χ0n) is 21.9. The van der Waals surface area contributed by atoms with Gasteiger partial charge in [-0.15, -0.1) is 0 Å². The second-order valence-electron chi connectivity index (χ2n) is 11.7. The fourth-order valence-corrected chi connectivity index (χ4v) is 7.47. The molecule has 1 aromatic rings. The smallest absolute Gasteiger partial charge is 0.199 e. The van der Waals surface area contributed by atoms with Crippen LogP contribution in [0.1, 0.15) is 90.7 Å². The molecule has 0 spiro atoms. The number of benzene rings is 1. The minimum absolute atomic E-state index is 0.0653. The summed E-state index contributed by atoms with van der Waals surface area (Å²) in [5, 5.41) is 24.6. The summed E-state index contributed by atoms with van der Waals surface area (Å²) in [5.41, 5.74) is -1.07. The lowest BCUT2D eigenvalue weighted by atomic mass is 9.43. The number of hydrogen-bond acceptors (Lipinski definition) is 6. The van der Waals surface area contributed by atoms with Crippen LogP contribution in [0.3, 0.4) is 0 Å². The van der Waals surface area contributed by atoms with Crippen LogP contribution in [-0.4, -0.2) is 42.9 Å². The third-order valence-electron chi connectivity index (χ3n) is 9.41. The van der Waals surface area contributed by atoms with Crippen molar-refractivity contribution in [3.8, 4) is 17.2 Å². The Bertz CT molecular complexity index is 863. The highest BCUT2D eigenvalue weighted by atomic mass is 16.7. The third-order valence-corrected chi connectivity index (χ3v) is 9.41. The topological polar surface area (TPSA) is 77.4 Å². The molecule has 0 amide bonds. The van der Waals surface area contributed by atoms with Crippen LogP contribution in [0.2, 0.25) is 0 Å². The van der Waals surface area contributed by atoms with E-state index in [1.165, 1.54) is 0 Å². The van der Waals surface area contributed by atoms with E-state index in [1.54, 1.807) is 26.4 Å². The van der Waals surface area contributed by atoms with Crippen LogP contribution >= 0.6 is 0 Å². The molecule has 0 aromatic heterocycles. The van der Waals surface area contributed by atoms with Crippen LogP contribution in [0.5, 0.6) is 17.2 Å². The van der Waals surface area contributed by atoms with Gasteiger partial charge in [-0.3, -0.25) is 0 Å². The van der Waals surface area contributed by atoms with Gasteiger partial charge in [0, 0.05) is 23.5 Å². The molecule has 192 valence electrons. The fraction of sp³-hybridized carbons (Fsp3) is 0.786. The van der Waals surface area contributed by atoms with Crippen molar-refractivity contribution < 1.29 is 29.2 Å². The van der Waals surface area contributed by atoms with Gasteiger partial charge in [0.1, 0.15) is 17.5 Å². The SMILES string of the molecule is COc1cc(OC2CCCCO2)c(C(O)[C@@]2(O)[C@H](C)CC[C@H]3C(C)(C)CCC[C@@]32C)cc1OC. The summed E-state index contributed by atoms with van der Waals surface area (Å²) in [6.45, 7) is 9.58. The predicted octanol–water partition coefficient (Wildman–Crippen LogP) is 5.64. The number of aliphatic hydroxyl groups is 2. The summed E-state index contributed by atoms with van der Waals surface area (Å²) in [6.07, 6.45) is 6.38. The first-order chi connectivity index (χ1) is 16.1. The number of hydrogen-bond donors (Lipinski definition) is 2. The van der Waals surface area contributed by atoms with Crippen LogP contribution in [0.15, 0.2) is 12.1 Å². The van der Waals surface area contributed by atoms with Crippen molar-refractivity contribution in [2.75, 3.05) is 20.8 Å². The van der Waals surface area contributed by atoms with E-state index in [4.69, 9.17) is 18.9 Å². The molecule has 6 heteroatoms. The minimum atomic E-state index is -1.31. The maximum absolute atomic E-state index is 12.6. The number of ether oxygens (including phenoxy) is 4. The van der Waals surface area contributed by atoms with Gasteiger partial charge in [0.15, 0.2) is 17.8 Å². The molecule has 1 aromatic carbocycles. The maximum Gasteiger partial charge on any atom is 0.199 e. The molecule has 2 unspecified atom stereocenters. The van der Waals surface area contributed by atoms with E-state index in [-0.39, 0.29) is 17.6 Å². The number of methoxy groups -OCH3 is 2. The molecule has 1 heterocycles. The van der Waals surface area contributed by atoms with E-state index < -0.39 is 17.1 Å². The van der Waals surface area contributed by atoms with Gasteiger partial charge in [-0.05, 0) is 61.8 Å². The molecule has 34 heavy (non-hydrogen) atoms. The molecule has 6 nitrogen and oxygen atoms in total. The molecule has 2 aliphatic carbocycles. The van der Waals surface area contributed by atoms with Crippen molar-refractivity contribution in [3.63, 3.8) is 0 Å². The van der Waals surface area contributed by atoms with Crippen LogP contribution < -0.4 is 14.2 Å². The first-order valence-corrected chi connectivity index (χ1v) is 13.0. The van der Waals surface area contributed by atoms with Crippen molar-refractivity contribution in [1.82, 2.24) is 0 Å². The molecule has 3 fully saturated rings. The Balaban J connectivity index is 1.80. The van der Waals surface area contributed by atoms with Gasteiger partial charge in [0.25, 0.3) is 0 Å². The number of aliphatic hydroxyl groups excluding tert-OH is 1. The lowest BCUT2D eigenvalue weighted by Crippen LogP contribution is -2.64. The molecule has 4 rings (SSSR count). The summed E-state index contributed by atoms with van der Waals surface area (Å²) >= 11 is 0. The van der Waals surface area contributed by atoms with E-state index in [1.807, 2.05) is 0 Å². The zero-order valence-corrected chi connectivity index (χ0v) is 21.9. The van der Waals surface area contributed by atoms with Gasteiger partial charge >= 0.3 is 0 Å². The molecule has 0 radical (unpaired) electrons. The average Bonchev–Trinajstić information content (AvgIpc) is 2.81. The summed E-state index contributed by atoms with van der Waals surface area (Å²) in [6, 6.07) is 3.53. The van der Waals surface area contributed by atoms with Gasteiger partial charge in [-0.1, -0.05) is 34.1 Å². The second kappa shape index (κ2) is 9.51. The van der Waals surface area contributed by atoms with Crippen molar-refractivity contribution in [2.24, 2.45) is 22.7 Å². The Labute approximate surface area is 204 Å². The highest BCUT2D eigenvalue weighted by Crippen LogP contribution is 2.65. The molecule has 2 N–H and O–H groups in total. The average molecular weight is 477 g/mol. The van der Waals surface area contributed by atoms with E-state index in [0.717, 1.165) is 51.4 Å². The maximum atomic E-state index is 12.6. The van der Waals surface area contributed by atoms with Crippen LogP contribution in [0, 0.1) is 22.7 Å². The van der Waals surface area contributed by atoms with Crippen LogP contribution in [0.4, 0.5) is 0 Å². The Morgan fingerprint density at radius 1 is 0.941 bits per heavy atom. The standard InChI is InChI=1S/C28H44O6/c1-18-11-12-23-26(2,3)13-9-14-27(23,4)28(18,30)25(29)19-16-21(31-5)22(32-6)17-20(19)34-24-10-7-8-15-33-24/h16-18,23-25,29-30H,7-15H2,1-6H3/t18-,23+,24?,25?,27+,28+/m1/s1. The van der Waals surface area contributed by atoms with Crippen molar-refractivity contribution in [2.45, 2.75) is 97.1 Å². The quantitative estimate of drug-likeness (QED) is 0.554. The number of rotatable bonds is 6. The summed E-state index contributed by atoms with van der Waals surface area (Å²) < 4.78 is 23.2. The van der Waals surface area contributed by atoms with Gasteiger partial charge in [0.2, 0.25) is 0 Å². The molecular formula is C28H44O6. The molecule has 6 atom stereocenters. The van der Waals surface area contributed by atoms with Crippen molar-refractivity contribution >= 4 is 0 Å². The molecule has 1 saturated heterocycles. The predicted molar refractivity (Wildman–Crippen MR) is 131 cm³/mol. The monoisotopic (exact) mass is 476 g/mol. The normalized spacial score (nSPS) is 36.3. The van der Waals surface area contributed by atoms with E-state index in [9.17, 15) is 10.2 Å². The van der Waals surface area contributed by atoms with Gasteiger partial charge < -0.3 is 29.2 Å². The Morgan fingerprint density at radius 3 is 2.29 bits per heavy atom. The fourth-order valence-electron chi connectivity index (χ4n) is 7.47. The van der Waals surface area contributed by atoms with Crippen molar-refractivity contribution in [1.29, 1.82) is 0 Å². The molecular weight excluding hydrogens is 432 g/mol. The molecule has 1 aliphatic heterocycles. The summed E-state index contributed by atoms with van der Waals surface area (Å²) in [4.78, 5) is 0. The van der Waals surface area contributed by atoms with Crippen LogP contribution in [-0.2, 0) is 4.74 Å². The van der Waals surface area contributed by atoms with Gasteiger partial charge in [-0.25, -0.2) is 0 Å². The van der Waals surface area contributed by atoms with Crippen LogP contribution in [0.25, 0.3) is 0 Å². The molecule has 0 bridgehead atoms. The van der Waals surface area contributed by atoms with Gasteiger partial charge in [0.05, 0.1) is 20.8 Å². The largest absolute Gasteiger partial charge is 0.493 e. The second-order valence-corrected chi connectivity index (χ2v) is 11.7. The minimum Gasteiger partial charge on any atom is -0.493 e. The zero-order chi connectivity index (χ0) is 24.7.